The molecule has 0 aromatic heterocycles. The summed E-state index contributed by atoms with van der Waals surface area (Å²) in [6, 6.07) is 0. The molecule has 1 aliphatic rings. The van der Waals surface area contributed by atoms with Gasteiger partial charge in [0.15, 0.2) is 0 Å². The summed E-state index contributed by atoms with van der Waals surface area (Å²) in [4.78, 5) is 15.6. The quantitative estimate of drug-likeness (QED) is 0.561. The van der Waals surface area contributed by atoms with E-state index >= 15 is 0 Å². The predicted octanol–water partition coefficient (Wildman–Crippen LogP) is 2.39. The molecule has 88 valence electrons. The van der Waals surface area contributed by atoms with Gasteiger partial charge in [-0.2, -0.15) is 0 Å². The third kappa shape index (κ3) is 1.47. The minimum absolute atomic E-state index is 0.183. The van der Waals surface area contributed by atoms with Crippen molar-refractivity contribution in [2.24, 2.45) is 16.2 Å². The molecule has 4 nitrogen and oxygen atoms in total. The van der Waals surface area contributed by atoms with E-state index in [1.807, 2.05) is 20.8 Å². The van der Waals surface area contributed by atoms with Crippen LogP contribution in [0.3, 0.4) is 0 Å². The highest BCUT2D eigenvalue weighted by Gasteiger charge is 2.61. The van der Waals surface area contributed by atoms with Crippen LogP contribution in [0.15, 0.2) is 0 Å². The monoisotopic (exact) mass is 216 g/mol. The first-order valence-corrected chi connectivity index (χ1v) is 5.21. The maximum Gasteiger partial charge on any atom is 0.309 e. The first-order chi connectivity index (χ1) is 6.71. The molecule has 0 spiro atoms. The van der Waals surface area contributed by atoms with Crippen LogP contribution in [-0.2, 0) is 9.68 Å². The zero-order chi connectivity index (χ0) is 11.9. The Hall–Kier alpha value is -0.610. The van der Waals surface area contributed by atoms with Gasteiger partial charge in [-0.15, -0.1) is 0 Å². The Morgan fingerprint density at radius 1 is 1.27 bits per heavy atom. The maximum atomic E-state index is 11.3. The predicted molar refractivity (Wildman–Crippen MR) is 55.4 cm³/mol. The van der Waals surface area contributed by atoms with Crippen molar-refractivity contribution >= 4 is 5.97 Å². The van der Waals surface area contributed by atoms with Gasteiger partial charge in [0, 0.05) is 5.41 Å². The lowest BCUT2D eigenvalue weighted by atomic mass is 9.60. The van der Waals surface area contributed by atoms with E-state index in [0.29, 0.717) is 6.42 Å². The van der Waals surface area contributed by atoms with Crippen LogP contribution in [0.1, 0.15) is 40.5 Å². The highest BCUT2D eigenvalue weighted by Crippen LogP contribution is 2.62. The topological polar surface area (TPSA) is 66.8 Å². The van der Waals surface area contributed by atoms with Crippen molar-refractivity contribution in [1.82, 2.24) is 0 Å². The Morgan fingerprint density at radius 2 is 1.80 bits per heavy atom. The van der Waals surface area contributed by atoms with Gasteiger partial charge in [-0.3, -0.25) is 10.1 Å². The Kier molecular flexibility index (Phi) is 2.87. The van der Waals surface area contributed by atoms with Crippen LogP contribution in [0.2, 0.25) is 0 Å². The smallest absolute Gasteiger partial charge is 0.309 e. The molecular formula is C11H20O4. The lowest BCUT2D eigenvalue weighted by molar-refractivity contribution is -0.271. The summed E-state index contributed by atoms with van der Waals surface area (Å²) in [6.45, 7) is 7.80. The fraction of sp³-hybridized carbons (Fsp3) is 0.909. The van der Waals surface area contributed by atoms with Crippen molar-refractivity contribution in [1.29, 1.82) is 0 Å². The molecule has 1 aliphatic carbocycles. The summed E-state index contributed by atoms with van der Waals surface area (Å²) >= 11 is 0. The third-order valence-electron chi connectivity index (χ3n) is 4.92. The van der Waals surface area contributed by atoms with E-state index in [0.717, 1.165) is 6.42 Å². The molecule has 0 saturated heterocycles. The van der Waals surface area contributed by atoms with Gasteiger partial charge < -0.3 is 5.11 Å². The van der Waals surface area contributed by atoms with Crippen LogP contribution >= 0.6 is 0 Å². The second kappa shape index (κ2) is 3.46. The molecule has 4 heteroatoms. The first kappa shape index (κ1) is 12.5. The molecule has 1 saturated carbocycles. The number of carboxylic acid groups (broad SMARTS) is 1. The number of carbonyl (C=O) groups is 1. The minimum atomic E-state index is -0.769. The third-order valence-corrected chi connectivity index (χ3v) is 4.92. The van der Waals surface area contributed by atoms with Crippen LogP contribution in [0.25, 0.3) is 0 Å². The molecule has 0 heterocycles. The zero-order valence-corrected chi connectivity index (χ0v) is 9.83. The van der Waals surface area contributed by atoms with Crippen molar-refractivity contribution < 1.29 is 20.0 Å². The molecule has 0 amide bonds. The Morgan fingerprint density at radius 3 is 2.13 bits per heavy atom. The highest BCUT2D eigenvalue weighted by atomic mass is 17.1. The van der Waals surface area contributed by atoms with Crippen LogP contribution in [0.4, 0.5) is 0 Å². The zero-order valence-electron chi connectivity index (χ0n) is 9.83. The summed E-state index contributed by atoms with van der Waals surface area (Å²) in [5, 5.41) is 17.9. The summed E-state index contributed by atoms with van der Waals surface area (Å²) in [7, 11) is 0. The number of rotatable bonds is 3. The van der Waals surface area contributed by atoms with Crippen molar-refractivity contribution in [2.45, 2.75) is 40.5 Å². The molecule has 2 unspecified atom stereocenters. The van der Waals surface area contributed by atoms with E-state index in [1.54, 1.807) is 6.92 Å². The van der Waals surface area contributed by atoms with Gasteiger partial charge in [0.1, 0.15) is 0 Å². The SMILES string of the molecule is CC1(COO)CCC(C)(C(=O)O)C1(C)C. The van der Waals surface area contributed by atoms with Gasteiger partial charge in [-0.05, 0) is 25.2 Å². The van der Waals surface area contributed by atoms with Gasteiger partial charge in [0.05, 0.1) is 12.0 Å². The van der Waals surface area contributed by atoms with E-state index in [1.165, 1.54) is 0 Å². The minimum Gasteiger partial charge on any atom is -0.481 e. The molecule has 2 N–H and O–H groups in total. The Balaban J connectivity index is 3.08. The van der Waals surface area contributed by atoms with Gasteiger partial charge in [0.25, 0.3) is 0 Å². The van der Waals surface area contributed by atoms with E-state index in [4.69, 9.17) is 5.26 Å². The number of hydrogen-bond acceptors (Lipinski definition) is 3. The first-order valence-electron chi connectivity index (χ1n) is 5.21. The van der Waals surface area contributed by atoms with E-state index in [9.17, 15) is 9.90 Å². The van der Waals surface area contributed by atoms with E-state index < -0.39 is 16.8 Å². The van der Waals surface area contributed by atoms with Crippen LogP contribution in [-0.4, -0.2) is 22.9 Å². The van der Waals surface area contributed by atoms with Crippen molar-refractivity contribution in [3.8, 4) is 0 Å². The summed E-state index contributed by atoms with van der Waals surface area (Å²) < 4.78 is 0. The largest absolute Gasteiger partial charge is 0.481 e. The molecule has 0 bridgehead atoms. The molecular weight excluding hydrogens is 196 g/mol. The average molecular weight is 216 g/mol. The molecule has 15 heavy (non-hydrogen) atoms. The summed E-state index contributed by atoms with van der Waals surface area (Å²) in [5.74, 6) is -0.769. The Bertz CT molecular complexity index is 274. The molecule has 1 fully saturated rings. The van der Waals surface area contributed by atoms with Crippen molar-refractivity contribution in [3.63, 3.8) is 0 Å². The lowest BCUT2D eigenvalue weighted by Crippen LogP contribution is -2.46. The standard InChI is InChI=1S/C11H20O4/c1-9(2)10(3,7-15-14)5-6-11(9,4)8(12)13/h14H,5-7H2,1-4H3,(H,12,13). The average Bonchev–Trinajstić information content (AvgIpc) is 2.29. The van der Waals surface area contributed by atoms with E-state index in [-0.39, 0.29) is 12.0 Å². The van der Waals surface area contributed by atoms with E-state index in [2.05, 4.69) is 4.89 Å². The second-order valence-electron chi connectivity index (χ2n) is 5.60. The van der Waals surface area contributed by atoms with Gasteiger partial charge in [0.2, 0.25) is 0 Å². The fourth-order valence-electron chi connectivity index (χ4n) is 2.59. The molecule has 1 rings (SSSR count). The molecule has 0 aromatic rings. The summed E-state index contributed by atoms with van der Waals surface area (Å²) in [6.07, 6.45) is 1.37. The van der Waals surface area contributed by atoms with Gasteiger partial charge in [-0.25, -0.2) is 4.89 Å². The van der Waals surface area contributed by atoms with Crippen molar-refractivity contribution in [2.75, 3.05) is 6.61 Å². The number of hydrogen-bond donors (Lipinski definition) is 2. The van der Waals surface area contributed by atoms with Crippen LogP contribution in [0, 0.1) is 16.2 Å². The normalized spacial score (nSPS) is 39.3. The molecule has 0 aliphatic heterocycles. The molecule has 0 aromatic carbocycles. The fourth-order valence-corrected chi connectivity index (χ4v) is 2.59. The van der Waals surface area contributed by atoms with Gasteiger partial charge in [-0.1, -0.05) is 20.8 Å². The van der Waals surface area contributed by atoms with Gasteiger partial charge >= 0.3 is 5.97 Å². The number of carboxylic acids is 1. The molecule has 2 atom stereocenters. The lowest BCUT2D eigenvalue weighted by Gasteiger charge is -2.44. The maximum absolute atomic E-state index is 11.3. The van der Waals surface area contributed by atoms with Crippen LogP contribution in [0.5, 0.6) is 0 Å². The summed E-state index contributed by atoms with van der Waals surface area (Å²) in [5.41, 5.74) is -1.45. The van der Waals surface area contributed by atoms with Crippen LogP contribution < -0.4 is 0 Å². The molecule has 0 radical (unpaired) electrons. The van der Waals surface area contributed by atoms with Crippen molar-refractivity contribution in [3.05, 3.63) is 0 Å². The Labute approximate surface area is 90.2 Å². The number of aliphatic carboxylic acids is 1. The highest BCUT2D eigenvalue weighted by molar-refractivity contribution is 5.76. The second-order valence-corrected chi connectivity index (χ2v) is 5.60.